The maximum Gasteiger partial charge on any atom is 0.416 e. The number of hydrogen-bond donors (Lipinski definition) is 1. The third kappa shape index (κ3) is 2.98. The van der Waals surface area contributed by atoms with Gasteiger partial charge in [-0.1, -0.05) is 0 Å². The fourth-order valence-corrected chi connectivity index (χ4v) is 1.49. The van der Waals surface area contributed by atoms with Crippen molar-refractivity contribution < 1.29 is 26.7 Å². The summed E-state index contributed by atoms with van der Waals surface area (Å²) in [6.07, 6.45) is -4.54. The zero-order chi connectivity index (χ0) is 14.9. The van der Waals surface area contributed by atoms with Gasteiger partial charge in [-0.3, -0.25) is 0 Å². The zero-order valence-corrected chi connectivity index (χ0v) is 9.84. The van der Waals surface area contributed by atoms with E-state index >= 15 is 0 Å². The highest BCUT2D eigenvalue weighted by atomic mass is 19.4. The van der Waals surface area contributed by atoms with Gasteiger partial charge in [0.05, 0.1) is 11.3 Å². The number of anilines is 1. The highest BCUT2D eigenvalue weighted by Crippen LogP contribution is 2.35. The largest absolute Gasteiger partial charge is 0.452 e. The molecule has 0 aliphatic heterocycles. The second-order valence-electron chi connectivity index (χ2n) is 3.93. The molecule has 0 saturated heterocycles. The molecule has 0 aromatic heterocycles. The first-order valence-electron chi connectivity index (χ1n) is 5.37. The second-order valence-corrected chi connectivity index (χ2v) is 3.93. The lowest BCUT2D eigenvalue weighted by Gasteiger charge is -2.12. The number of benzene rings is 2. The van der Waals surface area contributed by atoms with Crippen molar-refractivity contribution in [2.45, 2.75) is 6.18 Å². The Hall–Kier alpha value is -2.31. The van der Waals surface area contributed by atoms with E-state index < -0.39 is 29.1 Å². The summed E-state index contributed by atoms with van der Waals surface area (Å²) in [6.45, 7) is 0. The van der Waals surface area contributed by atoms with Gasteiger partial charge < -0.3 is 10.5 Å². The van der Waals surface area contributed by atoms with Crippen molar-refractivity contribution in [1.82, 2.24) is 0 Å². The van der Waals surface area contributed by atoms with Crippen LogP contribution in [0, 0.1) is 11.6 Å². The number of rotatable bonds is 2. The molecule has 0 heterocycles. The van der Waals surface area contributed by atoms with Gasteiger partial charge in [0.25, 0.3) is 0 Å². The van der Waals surface area contributed by atoms with Crippen LogP contribution in [0.4, 0.5) is 27.6 Å². The van der Waals surface area contributed by atoms with Crippen LogP contribution in [-0.4, -0.2) is 0 Å². The van der Waals surface area contributed by atoms with Gasteiger partial charge in [-0.2, -0.15) is 13.2 Å². The van der Waals surface area contributed by atoms with Crippen LogP contribution >= 0.6 is 0 Å². The molecule has 0 radical (unpaired) electrons. The molecular weight excluding hydrogens is 281 g/mol. The van der Waals surface area contributed by atoms with Crippen molar-refractivity contribution in [2.75, 3.05) is 5.73 Å². The minimum Gasteiger partial charge on any atom is -0.452 e. The molecule has 0 atom stereocenters. The van der Waals surface area contributed by atoms with Crippen molar-refractivity contribution in [3.63, 3.8) is 0 Å². The van der Waals surface area contributed by atoms with Gasteiger partial charge in [-0.25, -0.2) is 8.78 Å². The smallest absolute Gasteiger partial charge is 0.416 e. The Morgan fingerprint density at radius 2 is 1.60 bits per heavy atom. The molecule has 2 N–H and O–H groups in total. The van der Waals surface area contributed by atoms with Gasteiger partial charge in [0, 0.05) is 6.07 Å². The van der Waals surface area contributed by atoms with Gasteiger partial charge in [0.15, 0.2) is 11.6 Å². The summed E-state index contributed by atoms with van der Waals surface area (Å²) < 4.78 is 68.6. The molecule has 0 fully saturated rings. The zero-order valence-electron chi connectivity index (χ0n) is 9.84. The van der Waals surface area contributed by atoms with E-state index in [0.717, 1.165) is 30.3 Å². The minimum absolute atomic E-state index is 0.192. The maximum atomic E-state index is 13.3. The summed E-state index contributed by atoms with van der Waals surface area (Å²) >= 11 is 0. The molecule has 2 aromatic rings. The Labute approximate surface area is 110 Å². The van der Waals surface area contributed by atoms with E-state index in [1.54, 1.807) is 0 Å². The molecule has 106 valence electrons. The standard InChI is InChI=1S/C13H8F5NO/c14-8-2-3-9(15)12(6-8)20-11-4-1-7(5-10(11)19)13(16,17)18/h1-6H,19H2. The second kappa shape index (κ2) is 4.99. The Kier molecular flexibility index (Phi) is 3.52. The molecule has 0 unspecified atom stereocenters. The summed E-state index contributed by atoms with van der Waals surface area (Å²) in [5.41, 5.74) is 4.13. The molecule has 0 bridgehead atoms. The summed E-state index contributed by atoms with van der Waals surface area (Å²) in [7, 11) is 0. The van der Waals surface area contributed by atoms with Gasteiger partial charge in [-0.05, 0) is 30.3 Å². The first kappa shape index (κ1) is 14.1. The average Bonchev–Trinajstić information content (AvgIpc) is 2.35. The van der Waals surface area contributed by atoms with Gasteiger partial charge in [0.1, 0.15) is 11.6 Å². The normalized spacial score (nSPS) is 11.4. The lowest BCUT2D eigenvalue weighted by molar-refractivity contribution is -0.137. The highest BCUT2D eigenvalue weighted by molar-refractivity contribution is 5.56. The fourth-order valence-electron chi connectivity index (χ4n) is 1.49. The molecule has 0 amide bonds. The molecule has 0 spiro atoms. The van der Waals surface area contributed by atoms with Crippen LogP contribution in [0.25, 0.3) is 0 Å². The Balaban J connectivity index is 2.33. The highest BCUT2D eigenvalue weighted by Gasteiger charge is 2.31. The summed E-state index contributed by atoms with van der Waals surface area (Å²) in [4.78, 5) is 0. The van der Waals surface area contributed by atoms with E-state index in [0.29, 0.717) is 6.07 Å². The van der Waals surface area contributed by atoms with E-state index in [1.165, 1.54) is 0 Å². The van der Waals surface area contributed by atoms with E-state index in [2.05, 4.69) is 0 Å². The molecule has 2 rings (SSSR count). The molecule has 0 aliphatic rings. The number of nitrogen functional groups attached to an aromatic ring is 1. The predicted molar refractivity (Wildman–Crippen MR) is 62.3 cm³/mol. The van der Waals surface area contributed by atoms with Crippen molar-refractivity contribution in [1.29, 1.82) is 0 Å². The Bertz CT molecular complexity index is 639. The van der Waals surface area contributed by atoms with E-state index in [1.807, 2.05) is 0 Å². The molecule has 2 aromatic carbocycles. The van der Waals surface area contributed by atoms with Crippen LogP contribution in [0.5, 0.6) is 11.5 Å². The topological polar surface area (TPSA) is 35.2 Å². The van der Waals surface area contributed by atoms with Gasteiger partial charge >= 0.3 is 6.18 Å². The van der Waals surface area contributed by atoms with Gasteiger partial charge in [-0.15, -0.1) is 0 Å². The molecule has 7 heteroatoms. The average molecular weight is 289 g/mol. The number of ether oxygens (including phenoxy) is 1. The Morgan fingerprint density at radius 1 is 0.900 bits per heavy atom. The van der Waals surface area contributed by atoms with Gasteiger partial charge in [0.2, 0.25) is 0 Å². The quantitative estimate of drug-likeness (QED) is 0.658. The lowest BCUT2D eigenvalue weighted by Crippen LogP contribution is -2.06. The van der Waals surface area contributed by atoms with Crippen molar-refractivity contribution in [3.05, 3.63) is 53.6 Å². The summed E-state index contributed by atoms with van der Waals surface area (Å²) in [5.74, 6) is -2.25. The van der Waals surface area contributed by atoms with Crippen molar-refractivity contribution >= 4 is 5.69 Å². The van der Waals surface area contributed by atoms with Crippen LogP contribution in [0.1, 0.15) is 5.56 Å². The Morgan fingerprint density at radius 3 is 2.20 bits per heavy atom. The van der Waals surface area contributed by atoms with Crippen LogP contribution in [0.3, 0.4) is 0 Å². The third-order valence-electron chi connectivity index (χ3n) is 2.45. The van der Waals surface area contributed by atoms with Crippen LogP contribution in [-0.2, 0) is 6.18 Å². The molecule has 0 aliphatic carbocycles. The third-order valence-corrected chi connectivity index (χ3v) is 2.45. The summed E-state index contributed by atoms with van der Waals surface area (Å²) in [6, 6.07) is 4.84. The predicted octanol–water partition coefficient (Wildman–Crippen LogP) is 4.36. The SMILES string of the molecule is Nc1cc(C(F)(F)F)ccc1Oc1cc(F)ccc1F. The van der Waals surface area contributed by atoms with Crippen molar-refractivity contribution in [3.8, 4) is 11.5 Å². The molecule has 0 saturated carbocycles. The number of hydrogen-bond acceptors (Lipinski definition) is 2. The summed E-state index contributed by atoms with van der Waals surface area (Å²) in [5, 5.41) is 0. The monoisotopic (exact) mass is 289 g/mol. The molecular formula is C13H8F5NO. The molecule has 20 heavy (non-hydrogen) atoms. The lowest BCUT2D eigenvalue weighted by atomic mass is 10.2. The van der Waals surface area contributed by atoms with E-state index in [4.69, 9.17) is 10.5 Å². The van der Waals surface area contributed by atoms with E-state index in [-0.39, 0.29) is 11.4 Å². The maximum absolute atomic E-state index is 13.3. The minimum atomic E-state index is -4.54. The van der Waals surface area contributed by atoms with Crippen molar-refractivity contribution in [2.24, 2.45) is 0 Å². The first-order valence-corrected chi connectivity index (χ1v) is 5.37. The van der Waals surface area contributed by atoms with Crippen LogP contribution in [0.2, 0.25) is 0 Å². The first-order chi connectivity index (χ1) is 9.27. The molecule has 2 nitrogen and oxygen atoms in total. The number of halogens is 5. The number of alkyl halides is 3. The van der Waals surface area contributed by atoms with Crippen LogP contribution < -0.4 is 10.5 Å². The van der Waals surface area contributed by atoms with E-state index in [9.17, 15) is 22.0 Å². The fraction of sp³-hybridized carbons (Fsp3) is 0.0769. The van der Waals surface area contributed by atoms with Crippen LogP contribution in [0.15, 0.2) is 36.4 Å². The number of nitrogens with two attached hydrogens (primary N) is 1.